The summed E-state index contributed by atoms with van der Waals surface area (Å²) in [6.45, 7) is 9.02. The number of esters is 1. The molecule has 0 saturated heterocycles. The second-order valence-corrected chi connectivity index (χ2v) is 8.00. The third-order valence-electron chi connectivity index (χ3n) is 6.12. The zero-order valence-corrected chi connectivity index (χ0v) is 15.0. The molecule has 0 amide bonds. The van der Waals surface area contributed by atoms with E-state index in [1.165, 1.54) is 6.26 Å². The summed E-state index contributed by atoms with van der Waals surface area (Å²) in [6, 6.07) is 0. The van der Waals surface area contributed by atoms with Crippen LogP contribution in [0.4, 0.5) is 0 Å². The van der Waals surface area contributed by atoms with E-state index >= 15 is 0 Å². The summed E-state index contributed by atoms with van der Waals surface area (Å²) >= 11 is 0. The quantitative estimate of drug-likeness (QED) is 0.837. The Morgan fingerprint density at radius 2 is 2.08 bits per heavy atom. The number of carbonyl (C=O) groups is 2. The van der Waals surface area contributed by atoms with Crippen molar-refractivity contribution in [1.29, 1.82) is 0 Å². The molecule has 0 aliphatic heterocycles. The summed E-state index contributed by atoms with van der Waals surface area (Å²) in [7, 11) is 0. The van der Waals surface area contributed by atoms with E-state index in [1.807, 2.05) is 13.8 Å². The lowest BCUT2D eigenvalue weighted by Gasteiger charge is -2.55. The van der Waals surface area contributed by atoms with Crippen molar-refractivity contribution in [2.75, 3.05) is 0 Å². The number of fused-ring (bicyclic) bond motifs is 2. The molecule has 3 rings (SSSR count). The lowest BCUT2D eigenvalue weighted by molar-refractivity contribution is -0.199. The van der Waals surface area contributed by atoms with Gasteiger partial charge < -0.3 is 14.3 Å². The smallest absolute Gasteiger partial charge is 0.309 e. The molecule has 5 heteroatoms. The number of hydrogen-bond acceptors (Lipinski definition) is 5. The summed E-state index contributed by atoms with van der Waals surface area (Å²) in [5.41, 5.74) is -0.570. The van der Waals surface area contributed by atoms with Gasteiger partial charge in [0, 0.05) is 16.9 Å². The van der Waals surface area contributed by atoms with Gasteiger partial charge >= 0.3 is 5.97 Å². The van der Waals surface area contributed by atoms with Crippen molar-refractivity contribution >= 4 is 11.8 Å². The molecule has 4 atom stereocenters. The minimum Gasteiger partial charge on any atom is -0.461 e. The second kappa shape index (κ2) is 5.45. The predicted octanol–water partition coefficient (Wildman–Crippen LogP) is 3.58. The van der Waals surface area contributed by atoms with Gasteiger partial charge in [-0.05, 0) is 38.7 Å². The van der Waals surface area contributed by atoms with Gasteiger partial charge in [-0.25, -0.2) is 0 Å². The molecule has 1 aromatic rings. The van der Waals surface area contributed by atoms with Crippen LogP contribution in [-0.4, -0.2) is 22.5 Å². The Bertz CT molecular complexity index is 684. The highest BCUT2D eigenvalue weighted by Crippen LogP contribution is 2.61. The number of aliphatic hydroxyl groups is 1. The minimum atomic E-state index is -1.10. The molecule has 0 bridgehead atoms. The molecule has 1 N–H and O–H groups in total. The standard InChI is InChI=1S/C19H26O5/c1-10(2)17(21)24-16-13-11(3)9-23-15(13)14(20)12-7-6-8-18(4,22)19(12,16)5/h9-10,12,16,22H,6-8H2,1-5H3. The third-order valence-corrected chi connectivity index (χ3v) is 6.12. The largest absolute Gasteiger partial charge is 0.461 e. The molecule has 2 aliphatic carbocycles. The summed E-state index contributed by atoms with van der Waals surface area (Å²) in [5, 5.41) is 11.1. The van der Waals surface area contributed by atoms with Crippen molar-refractivity contribution < 1.29 is 23.8 Å². The molecule has 1 aromatic heterocycles. The Kier molecular flexibility index (Phi) is 3.91. The molecule has 132 valence electrons. The third kappa shape index (κ3) is 2.17. The topological polar surface area (TPSA) is 76.7 Å². The highest BCUT2D eigenvalue weighted by Gasteiger charge is 2.63. The minimum absolute atomic E-state index is 0.0857. The van der Waals surface area contributed by atoms with Crippen molar-refractivity contribution in [3.05, 3.63) is 23.2 Å². The average molecular weight is 334 g/mol. The van der Waals surface area contributed by atoms with E-state index in [2.05, 4.69) is 0 Å². The maximum atomic E-state index is 13.0. The van der Waals surface area contributed by atoms with E-state index in [9.17, 15) is 14.7 Å². The van der Waals surface area contributed by atoms with Crippen molar-refractivity contribution in [1.82, 2.24) is 0 Å². The molecule has 1 saturated carbocycles. The lowest BCUT2D eigenvalue weighted by atomic mass is 9.51. The van der Waals surface area contributed by atoms with Crippen LogP contribution in [0.2, 0.25) is 0 Å². The van der Waals surface area contributed by atoms with Crippen molar-refractivity contribution in [2.24, 2.45) is 17.3 Å². The SMILES string of the molecule is Cc1coc2c1C(OC(=O)C(C)C)C1(C)C(CCCC1(C)O)C2=O. The van der Waals surface area contributed by atoms with Crippen molar-refractivity contribution in [2.45, 2.75) is 65.6 Å². The maximum absolute atomic E-state index is 13.0. The van der Waals surface area contributed by atoms with E-state index < -0.39 is 23.0 Å². The zero-order valence-electron chi connectivity index (χ0n) is 15.0. The molecular weight excluding hydrogens is 308 g/mol. The molecule has 0 aromatic carbocycles. The molecule has 24 heavy (non-hydrogen) atoms. The fourth-order valence-electron chi connectivity index (χ4n) is 4.33. The Morgan fingerprint density at radius 3 is 2.71 bits per heavy atom. The van der Waals surface area contributed by atoms with Crippen LogP contribution in [0.1, 0.15) is 74.7 Å². The Balaban J connectivity index is 2.19. The monoisotopic (exact) mass is 334 g/mol. The van der Waals surface area contributed by atoms with Crippen LogP contribution < -0.4 is 0 Å². The Morgan fingerprint density at radius 1 is 1.42 bits per heavy atom. The van der Waals surface area contributed by atoms with Crippen LogP contribution in [0.3, 0.4) is 0 Å². The fourth-order valence-corrected chi connectivity index (χ4v) is 4.33. The molecule has 0 spiro atoms. The zero-order chi connectivity index (χ0) is 17.9. The molecule has 5 nitrogen and oxygen atoms in total. The van der Waals surface area contributed by atoms with Gasteiger partial charge in [-0.1, -0.05) is 20.8 Å². The number of ether oxygens (including phenoxy) is 1. The van der Waals surface area contributed by atoms with E-state index in [0.717, 1.165) is 12.0 Å². The van der Waals surface area contributed by atoms with Crippen molar-refractivity contribution in [3.63, 3.8) is 0 Å². The number of ketones is 1. The van der Waals surface area contributed by atoms with Crippen LogP contribution in [0, 0.1) is 24.2 Å². The van der Waals surface area contributed by atoms with Gasteiger partial charge in [-0.3, -0.25) is 9.59 Å². The number of rotatable bonds is 2. The van der Waals surface area contributed by atoms with Crippen molar-refractivity contribution in [3.8, 4) is 0 Å². The number of carbonyl (C=O) groups excluding carboxylic acids is 2. The van der Waals surface area contributed by atoms with Gasteiger partial charge in [0.15, 0.2) is 5.76 Å². The molecule has 1 fully saturated rings. The highest BCUT2D eigenvalue weighted by molar-refractivity contribution is 5.99. The van der Waals surface area contributed by atoms with E-state index in [-0.39, 0.29) is 23.4 Å². The van der Waals surface area contributed by atoms with Gasteiger partial charge in [-0.15, -0.1) is 0 Å². The molecule has 4 unspecified atom stereocenters. The molecule has 2 aliphatic rings. The summed E-state index contributed by atoms with van der Waals surface area (Å²) in [5.74, 6) is -0.827. The Hall–Kier alpha value is -1.62. The maximum Gasteiger partial charge on any atom is 0.309 e. The first kappa shape index (κ1) is 17.2. The lowest BCUT2D eigenvalue weighted by Crippen LogP contribution is -2.59. The van der Waals surface area contributed by atoms with Gasteiger partial charge in [-0.2, -0.15) is 0 Å². The molecular formula is C19H26O5. The van der Waals surface area contributed by atoms with Gasteiger partial charge in [0.2, 0.25) is 5.78 Å². The van der Waals surface area contributed by atoms with E-state index in [4.69, 9.17) is 9.15 Å². The number of Topliss-reactive ketones (excluding diaryl/α,β-unsaturated/α-hetero) is 1. The first-order valence-corrected chi connectivity index (χ1v) is 8.66. The van der Waals surface area contributed by atoms with Crippen LogP contribution in [-0.2, 0) is 9.53 Å². The first-order valence-electron chi connectivity index (χ1n) is 8.66. The normalized spacial score (nSPS) is 35.5. The Labute approximate surface area is 142 Å². The van der Waals surface area contributed by atoms with Gasteiger partial charge in [0.1, 0.15) is 6.10 Å². The van der Waals surface area contributed by atoms with Crippen LogP contribution in [0.15, 0.2) is 10.7 Å². The van der Waals surface area contributed by atoms with Crippen LogP contribution in [0.25, 0.3) is 0 Å². The molecule has 1 heterocycles. The van der Waals surface area contributed by atoms with Gasteiger partial charge in [0.05, 0.1) is 17.8 Å². The number of furan rings is 1. The van der Waals surface area contributed by atoms with E-state index in [1.54, 1.807) is 20.8 Å². The summed E-state index contributed by atoms with van der Waals surface area (Å²) < 4.78 is 11.4. The van der Waals surface area contributed by atoms with E-state index in [0.29, 0.717) is 18.4 Å². The first-order chi connectivity index (χ1) is 11.1. The van der Waals surface area contributed by atoms with Crippen LogP contribution in [0.5, 0.6) is 0 Å². The number of hydrogen-bond donors (Lipinski definition) is 1. The van der Waals surface area contributed by atoms with Gasteiger partial charge in [0.25, 0.3) is 0 Å². The van der Waals surface area contributed by atoms with Crippen LogP contribution >= 0.6 is 0 Å². The molecule has 0 radical (unpaired) electrons. The average Bonchev–Trinajstić information content (AvgIpc) is 2.87. The summed E-state index contributed by atoms with van der Waals surface area (Å²) in [4.78, 5) is 25.3. The fraction of sp³-hybridized carbons (Fsp3) is 0.684. The second-order valence-electron chi connectivity index (χ2n) is 8.00. The highest BCUT2D eigenvalue weighted by atomic mass is 16.5. The predicted molar refractivity (Wildman–Crippen MR) is 87.5 cm³/mol. The number of aryl methyl sites for hydroxylation is 1. The summed E-state index contributed by atoms with van der Waals surface area (Å²) in [6.07, 6.45) is 2.86.